The number of hydrogen-bond donors (Lipinski definition) is 1. The van der Waals surface area contributed by atoms with Crippen LogP contribution in [0.5, 0.6) is 0 Å². The van der Waals surface area contributed by atoms with Crippen LogP contribution in [0.2, 0.25) is 0 Å². The van der Waals surface area contributed by atoms with Gasteiger partial charge in [0.1, 0.15) is 5.82 Å². The number of rotatable bonds is 7. The molecule has 0 saturated heterocycles. The highest BCUT2D eigenvalue weighted by atomic mass is 19.1. The molecule has 1 amide bonds. The molecule has 1 saturated carbocycles. The topological polar surface area (TPSA) is 29.1 Å². The maximum atomic E-state index is 13.2. The van der Waals surface area contributed by atoms with E-state index >= 15 is 0 Å². The Kier molecular flexibility index (Phi) is 5.25. The van der Waals surface area contributed by atoms with Crippen molar-refractivity contribution in [1.29, 1.82) is 0 Å². The van der Waals surface area contributed by atoms with E-state index < -0.39 is 0 Å². The highest BCUT2D eigenvalue weighted by Gasteiger charge is 2.44. The average molecular weight is 373 g/mol. The summed E-state index contributed by atoms with van der Waals surface area (Å²) in [5.41, 5.74) is 3.36. The minimum Gasteiger partial charge on any atom is -0.355 e. The lowest BCUT2D eigenvalue weighted by atomic mass is 9.88. The second kappa shape index (κ2) is 7.97. The van der Waals surface area contributed by atoms with Crippen LogP contribution in [0.15, 0.2) is 84.9 Å². The minimum atomic E-state index is -0.225. The summed E-state index contributed by atoms with van der Waals surface area (Å²) in [7, 11) is 0. The molecule has 3 aromatic carbocycles. The highest BCUT2D eigenvalue weighted by Crippen LogP contribution is 2.47. The smallest absolute Gasteiger partial charge is 0.220 e. The lowest BCUT2D eigenvalue weighted by Gasteiger charge is -2.20. The zero-order chi connectivity index (χ0) is 19.4. The minimum absolute atomic E-state index is 0.0294. The normalized spacial score (nSPS) is 14.6. The third-order valence-electron chi connectivity index (χ3n) is 5.73. The Bertz CT molecular complexity index is 878. The maximum absolute atomic E-state index is 13.2. The van der Waals surface area contributed by atoms with E-state index in [9.17, 15) is 9.18 Å². The van der Waals surface area contributed by atoms with E-state index in [-0.39, 0.29) is 23.1 Å². The van der Waals surface area contributed by atoms with Gasteiger partial charge in [0.25, 0.3) is 0 Å². The van der Waals surface area contributed by atoms with Crippen LogP contribution < -0.4 is 5.32 Å². The fraction of sp³-hybridized carbons (Fsp3) is 0.240. The molecule has 0 aromatic heterocycles. The van der Waals surface area contributed by atoms with E-state index in [0.717, 1.165) is 29.5 Å². The SMILES string of the molecule is O=C(CC(c1ccccc1)c1ccccc1)NCC1(c2ccc(F)cc2)CC1. The molecule has 28 heavy (non-hydrogen) atoms. The predicted octanol–water partition coefficient (Wildman–Crippen LogP) is 5.20. The first-order chi connectivity index (χ1) is 13.7. The van der Waals surface area contributed by atoms with Gasteiger partial charge < -0.3 is 5.32 Å². The van der Waals surface area contributed by atoms with Crippen LogP contribution in [0.25, 0.3) is 0 Å². The van der Waals surface area contributed by atoms with Crippen molar-refractivity contribution >= 4 is 5.91 Å². The van der Waals surface area contributed by atoms with Gasteiger partial charge in [-0.25, -0.2) is 4.39 Å². The van der Waals surface area contributed by atoms with Crippen LogP contribution in [0.3, 0.4) is 0 Å². The highest BCUT2D eigenvalue weighted by molar-refractivity contribution is 5.77. The third-order valence-corrected chi connectivity index (χ3v) is 5.73. The van der Waals surface area contributed by atoms with Crippen molar-refractivity contribution < 1.29 is 9.18 Å². The summed E-state index contributed by atoms with van der Waals surface area (Å²) in [4.78, 5) is 12.8. The van der Waals surface area contributed by atoms with Crippen LogP contribution >= 0.6 is 0 Å². The quantitative estimate of drug-likeness (QED) is 0.606. The van der Waals surface area contributed by atoms with Crippen LogP contribution in [-0.4, -0.2) is 12.5 Å². The van der Waals surface area contributed by atoms with Crippen LogP contribution in [0.1, 0.15) is 41.9 Å². The van der Waals surface area contributed by atoms with Crippen molar-refractivity contribution in [3.63, 3.8) is 0 Å². The van der Waals surface area contributed by atoms with Gasteiger partial charge in [-0.2, -0.15) is 0 Å². The number of hydrogen-bond acceptors (Lipinski definition) is 1. The van der Waals surface area contributed by atoms with Crippen molar-refractivity contribution in [1.82, 2.24) is 5.32 Å². The molecule has 2 nitrogen and oxygen atoms in total. The molecule has 1 fully saturated rings. The lowest BCUT2D eigenvalue weighted by Crippen LogP contribution is -2.33. The van der Waals surface area contributed by atoms with E-state index in [2.05, 4.69) is 29.6 Å². The van der Waals surface area contributed by atoms with Gasteiger partial charge >= 0.3 is 0 Å². The van der Waals surface area contributed by atoms with Gasteiger partial charge in [-0.1, -0.05) is 72.8 Å². The Balaban J connectivity index is 1.44. The molecule has 1 aliphatic rings. The first-order valence-electron chi connectivity index (χ1n) is 9.79. The Morgan fingerprint density at radius 2 is 1.39 bits per heavy atom. The summed E-state index contributed by atoms with van der Waals surface area (Å²) in [5.74, 6) is -0.147. The maximum Gasteiger partial charge on any atom is 0.220 e. The lowest BCUT2D eigenvalue weighted by molar-refractivity contribution is -0.121. The Morgan fingerprint density at radius 1 is 0.857 bits per heavy atom. The molecular formula is C25H24FNO. The van der Waals surface area contributed by atoms with E-state index in [0.29, 0.717) is 13.0 Å². The molecule has 0 atom stereocenters. The Morgan fingerprint density at radius 3 is 1.89 bits per heavy atom. The number of amides is 1. The van der Waals surface area contributed by atoms with E-state index in [1.807, 2.05) is 48.5 Å². The first-order valence-corrected chi connectivity index (χ1v) is 9.79. The second-order valence-electron chi connectivity index (χ2n) is 7.64. The Hall–Kier alpha value is -2.94. The van der Waals surface area contributed by atoms with Gasteiger partial charge in [-0.15, -0.1) is 0 Å². The molecular weight excluding hydrogens is 349 g/mol. The van der Waals surface area contributed by atoms with Crippen molar-refractivity contribution in [2.24, 2.45) is 0 Å². The Labute approximate surface area is 165 Å². The molecule has 1 N–H and O–H groups in total. The number of carbonyl (C=O) groups is 1. The van der Waals surface area contributed by atoms with Crippen molar-refractivity contribution in [2.45, 2.75) is 30.6 Å². The second-order valence-corrected chi connectivity index (χ2v) is 7.64. The molecule has 3 aromatic rings. The molecule has 0 bridgehead atoms. The zero-order valence-corrected chi connectivity index (χ0v) is 15.8. The summed E-state index contributed by atoms with van der Waals surface area (Å²) in [6.45, 7) is 0.605. The van der Waals surface area contributed by atoms with Crippen molar-refractivity contribution in [3.05, 3.63) is 107 Å². The largest absolute Gasteiger partial charge is 0.355 e. The summed E-state index contributed by atoms with van der Waals surface area (Å²) in [5, 5.41) is 3.14. The number of carbonyl (C=O) groups excluding carboxylic acids is 1. The van der Waals surface area contributed by atoms with E-state index in [1.54, 1.807) is 0 Å². The number of nitrogens with one attached hydrogen (secondary N) is 1. The van der Waals surface area contributed by atoms with Gasteiger partial charge in [-0.05, 0) is 41.7 Å². The molecule has 0 aliphatic heterocycles. The number of benzene rings is 3. The molecule has 1 aliphatic carbocycles. The molecule has 4 rings (SSSR count). The standard InChI is InChI=1S/C25H24FNO/c26-22-13-11-21(12-14-22)25(15-16-25)18-27-24(28)17-23(19-7-3-1-4-8-19)20-9-5-2-6-10-20/h1-14,23H,15-18H2,(H,27,28). The summed E-state index contributed by atoms with van der Waals surface area (Å²) >= 11 is 0. The summed E-state index contributed by atoms with van der Waals surface area (Å²) < 4.78 is 13.2. The van der Waals surface area contributed by atoms with Crippen molar-refractivity contribution in [3.8, 4) is 0 Å². The van der Waals surface area contributed by atoms with Gasteiger partial charge in [0.2, 0.25) is 5.91 Å². The first kappa shape index (κ1) is 18.4. The van der Waals surface area contributed by atoms with Crippen LogP contribution in [-0.2, 0) is 10.2 Å². The van der Waals surface area contributed by atoms with E-state index in [1.165, 1.54) is 12.1 Å². The van der Waals surface area contributed by atoms with Crippen LogP contribution in [0, 0.1) is 5.82 Å². The third kappa shape index (κ3) is 4.14. The van der Waals surface area contributed by atoms with Gasteiger partial charge in [0.15, 0.2) is 0 Å². The summed E-state index contributed by atoms with van der Waals surface area (Å²) in [6, 6.07) is 27.0. The van der Waals surface area contributed by atoms with Gasteiger partial charge in [0.05, 0.1) is 0 Å². The average Bonchev–Trinajstić information content (AvgIpc) is 3.53. The fourth-order valence-electron chi connectivity index (χ4n) is 3.85. The van der Waals surface area contributed by atoms with Crippen molar-refractivity contribution in [2.75, 3.05) is 6.54 Å². The number of halogens is 1. The predicted molar refractivity (Wildman–Crippen MR) is 110 cm³/mol. The fourth-order valence-corrected chi connectivity index (χ4v) is 3.85. The molecule has 3 heteroatoms. The van der Waals surface area contributed by atoms with Gasteiger partial charge in [0, 0.05) is 24.3 Å². The zero-order valence-electron chi connectivity index (χ0n) is 15.8. The monoisotopic (exact) mass is 373 g/mol. The molecule has 0 radical (unpaired) electrons. The van der Waals surface area contributed by atoms with Gasteiger partial charge in [-0.3, -0.25) is 4.79 Å². The molecule has 0 unspecified atom stereocenters. The summed E-state index contributed by atoms with van der Waals surface area (Å²) in [6.07, 6.45) is 2.47. The molecule has 0 spiro atoms. The van der Waals surface area contributed by atoms with Crippen LogP contribution in [0.4, 0.5) is 4.39 Å². The molecule has 142 valence electrons. The molecule has 0 heterocycles. The van der Waals surface area contributed by atoms with E-state index in [4.69, 9.17) is 0 Å².